The molecule has 1 aliphatic rings. The average Bonchev–Trinajstić information content (AvgIpc) is 2.50. The molecule has 1 aromatic rings. The van der Waals surface area contributed by atoms with Crippen LogP contribution in [0.4, 0.5) is 18.9 Å². The molecule has 2 nitrogen and oxygen atoms in total. The number of rotatable bonds is 4. The summed E-state index contributed by atoms with van der Waals surface area (Å²) in [5, 5.41) is 0. The fraction of sp³-hybridized carbons (Fsp3) is 0.250. The zero-order valence-corrected chi connectivity index (χ0v) is 14.4. The van der Waals surface area contributed by atoms with Gasteiger partial charge in [0.05, 0.1) is 11.9 Å². The molecule has 5 heteroatoms. The van der Waals surface area contributed by atoms with Crippen LogP contribution in [0.5, 0.6) is 0 Å². The second-order valence-corrected chi connectivity index (χ2v) is 6.03. The van der Waals surface area contributed by atoms with Gasteiger partial charge in [0.1, 0.15) is 11.7 Å². The number of hydrogen-bond donors (Lipinski definition) is 0. The molecule has 0 spiro atoms. The van der Waals surface area contributed by atoms with Gasteiger partial charge in [-0.3, -0.25) is 4.79 Å². The summed E-state index contributed by atoms with van der Waals surface area (Å²) in [4.78, 5) is 13.5. The lowest BCUT2D eigenvalue weighted by atomic mass is 9.93. The molecule has 1 aromatic carbocycles. The van der Waals surface area contributed by atoms with E-state index in [1.165, 1.54) is 12.3 Å². The fourth-order valence-corrected chi connectivity index (χ4v) is 2.85. The van der Waals surface area contributed by atoms with E-state index in [0.29, 0.717) is 6.08 Å². The van der Waals surface area contributed by atoms with Crippen molar-refractivity contribution < 1.29 is 18.0 Å². The maximum Gasteiger partial charge on any atom is 0.159 e. The smallest absolute Gasteiger partial charge is 0.159 e. The van der Waals surface area contributed by atoms with Crippen LogP contribution < -0.4 is 4.90 Å². The molecule has 1 unspecified atom stereocenters. The third-order valence-electron chi connectivity index (χ3n) is 4.21. The number of allylic oxidation sites excluding steroid dienone is 4. The first-order valence-electron chi connectivity index (χ1n) is 7.86. The van der Waals surface area contributed by atoms with Gasteiger partial charge in [-0.2, -0.15) is 0 Å². The van der Waals surface area contributed by atoms with Gasteiger partial charge < -0.3 is 4.90 Å². The number of benzene rings is 1. The summed E-state index contributed by atoms with van der Waals surface area (Å²) < 4.78 is 41.6. The lowest BCUT2D eigenvalue weighted by molar-refractivity contribution is -0.115. The summed E-state index contributed by atoms with van der Waals surface area (Å²) in [5.41, 5.74) is 2.23. The molecule has 0 aromatic heterocycles. The number of nitrogens with zero attached hydrogens (tertiary/aromatic N) is 1. The zero-order chi connectivity index (χ0) is 18.7. The van der Waals surface area contributed by atoms with Crippen molar-refractivity contribution in [2.75, 3.05) is 4.90 Å². The first-order chi connectivity index (χ1) is 11.7. The molecule has 132 valence electrons. The van der Waals surface area contributed by atoms with Gasteiger partial charge in [0.2, 0.25) is 0 Å². The van der Waals surface area contributed by atoms with Gasteiger partial charge in [-0.1, -0.05) is 18.7 Å². The van der Waals surface area contributed by atoms with Gasteiger partial charge in [0.25, 0.3) is 0 Å². The van der Waals surface area contributed by atoms with E-state index in [1.54, 1.807) is 4.90 Å². The summed E-state index contributed by atoms with van der Waals surface area (Å²) in [5.74, 6) is -3.17. The minimum atomic E-state index is -1.07. The third-order valence-corrected chi connectivity index (χ3v) is 4.21. The molecular weight excluding hydrogens is 327 g/mol. The summed E-state index contributed by atoms with van der Waals surface area (Å²) in [7, 11) is 0. The van der Waals surface area contributed by atoms with Crippen LogP contribution in [0.25, 0.3) is 0 Å². The number of ketones is 1. The van der Waals surface area contributed by atoms with Crippen molar-refractivity contribution in [2.24, 2.45) is 0 Å². The highest BCUT2D eigenvalue weighted by atomic mass is 19.1. The normalized spacial score (nSPS) is 19.1. The van der Waals surface area contributed by atoms with Gasteiger partial charge in [0.15, 0.2) is 5.78 Å². The summed E-state index contributed by atoms with van der Waals surface area (Å²) in [6.45, 7) is 8.05. The molecule has 2 rings (SSSR count). The number of halogens is 3. The van der Waals surface area contributed by atoms with Crippen LogP contribution in [0.15, 0.2) is 66.2 Å². The predicted molar refractivity (Wildman–Crippen MR) is 94.2 cm³/mol. The van der Waals surface area contributed by atoms with E-state index in [2.05, 4.69) is 6.58 Å². The summed E-state index contributed by atoms with van der Waals surface area (Å²) in [6, 6.07) is 4.62. The molecule has 0 bridgehead atoms. The van der Waals surface area contributed by atoms with Crippen LogP contribution in [0, 0.1) is 13.8 Å². The molecule has 25 heavy (non-hydrogen) atoms. The second-order valence-electron chi connectivity index (χ2n) is 6.03. The molecule has 0 N–H and O–H groups in total. The molecule has 0 fully saturated rings. The van der Waals surface area contributed by atoms with Gasteiger partial charge >= 0.3 is 0 Å². The van der Waals surface area contributed by atoms with Gasteiger partial charge in [0, 0.05) is 30.0 Å². The maximum absolute atomic E-state index is 14.4. The summed E-state index contributed by atoms with van der Waals surface area (Å²) >= 11 is 0. The van der Waals surface area contributed by atoms with Crippen LogP contribution in [0.1, 0.15) is 24.5 Å². The van der Waals surface area contributed by atoms with Crippen molar-refractivity contribution in [1.82, 2.24) is 0 Å². The Morgan fingerprint density at radius 3 is 2.56 bits per heavy atom. The Balaban J connectivity index is 2.64. The topological polar surface area (TPSA) is 20.3 Å². The number of carbonyl (C=O) groups is 1. The van der Waals surface area contributed by atoms with E-state index in [9.17, 15) is 18.0 Å². The number of anilines is 1. The highest BCUT2D eigenvalue weighted by Crippen LogP contribution is 2.35. The molecule has 0 radical (unpaired) electrons. The second kappa shape index (κ2) is 7.55. The Kier molecular flexibility index (Phi) is 5.67. The SMILES string of the molecule is C=C(F)/C(=C(F)\C=C(/C)F)C1CC(=O)C=CN1c1cccc(C)c1C. The molecule has 0 aliphatic carbocycles. The first kappa shape index (κ1) is 18.8. The van der Waals surface area contributed by atoms with Crippen molar-refractivity contribution in [3.05, 3.63) is 77.3 Å². The van der Waals surface area contributed by atoms with Gasteiger partial charge in [-0.15, -0.1) is 0 Å². The summed E-state index contributed by atoms with van der Waals surface area (Å²) in [6.07, 6.45) is 3.34. The fourth-order valence-electron chi connectivity index (χ4n) is 2.85. The molecule has 1 heterocycles. The van der Waals surface area contributed by atoms with Crippen molar-refractivity contribution in [1.29, 1.82) is 0 Å². The van der Waals surface area contributed by atoms with Crippen LogP contribution in [0.3, 0.4) is 0 Å². The monoisotopic (exact) mass is 347 g/mol. The van der Waals surface area contributed by atoms with E-state index in [1.807, 2.05) is 32.0 Å². The van der Waals surface area contributed by atoms with Crippen LogP contribution in [-0.2, 0) is 4.79 Å². The standard InChI is InChI=1S/C20H20F3NO/c1-12-6-5-7-18(14(12)3)24-9-8-16(25)11-19(24)20(15(4)22)17(23)10-13(2)21/h5-10,19H,4,11H2,1-3H3/b13-10+,20-17-. The quantitative estimate of drug-likeness (QED) is 0.666. The molecule has 0 saturated carbocycles. The molecule has 0 amide bonds. The van der Waals surface area contributed by atoms with E-state index >= 15 is 0 Å². The molecular formula is C20H20F3NO. The minimum absolute atomic E-state index is 0.130. The van der Waals surface area contributed by atoms with E-state index < -0.39 is 29.1 Å². The predicted octanol–water partition coefficient (Wildman–Crippen LogP) is 5.55. The molecule has 1 atom stereocenters. The van der Waals surface area contributed by atoms with E-state index in [-0.39, 0.29) is 12.2 Å². The Morgan fingerprint density at radius 2 is 1.96 bits per heavy atom. The number of aryl methyl sites for hydroxylation is 1. The van der Waals surface area contributed by atoms with Crippen LogP contribution >= 0.6 is 0 Å². The molecule has 1 aliphatic heterocycles. The number of carbonyl (C=O) groups excluding carboxylic acids is 1. The number of hydrogen-bond acceptors (Lipinski definition) is 2. The van der Waals surface area contributed by atoms with Gasteiger partial charge in [-0.25, -0.2) is 13.2 Å². The lowest BCUT2D eigenvalue weighted by Gasteiger charge is -2.35. The Morgan fingerprint density at radius 1 is 1.28 bits per heavy atom. The first-order valence-corrected chi connectivity index (χ1v) is 7.86. The van der Waals surface area contributed by atoms with Crippen LogP contribution in [-0.4, -0.2) is 11.8 Å². The lowest BCUT2D eigenvalue weighted by Crippen LogP contribution is -2.38. The van der Waals surface area contributed by atoms with Crippen molar-refractivity contribution in [3.63, 3.8) is 0 Å². The largest absolute Gasteiger partial charge is 0.339 e. The highest BCUT2D eigenvalue weighted by Gasteiger charge is 2.31. The highest BCUT2D eigenvalue weighted by molar-refractivity contribution is 5.93. The maximum atomic E-state index is 14.4. The van der Waals surface area contributed by atoms with Crippen LogP contribution in [0.2, 0.25) is 0 Å². The minimum Gasteiger partial charge on any atom is -0.339 e. The zero-order valence-electron chi connectivity index (χ0n) is 14.4. The van der Waals surface area contributed by atoms with Gasteiger partial charge in [-0.05, 0) is 44.0 Å². The third kappa shape index (κ3) is 4.10. The van der Waals surface area contributed by atoms with Crippen molar-refractivity contribution in [2.45, 2.75) is 33.2 Å². The Bertz CT molecular complexity index is 801. The Hall–Kier alpha value is -2.56. The van der Waals surface area contributed by atoms with Crippen molar-refractivity contribution >= 4 is 11.5 Å². The van der Waals surface area contributed by atoms with Crippen molar-refractivity contribution in [3.8, 4) is 0 Å². The average molecular weight is 347 g/mol. The molecule has 0 saturated heterocycles. The van der Waals surface area contributed by atoms with E-state index in [0.717, 1.165) is 23.7 Å². The van der Waals surface area contributed by atoms with E-state index in [4.69, 9.17) is 0 Å². The Labute approximate surface area is 145 Å².